The molecule has 0 bridgehead atoms. The highest BCUT2D eigenvalue weighted by molar-refractivity contribution is 6.06. The number of amides is 3. The molecule has 1 aliphatic heterocycles. The van der Waals surface area contributed by atoms with Gasteiger partial charge in [0.1, 0.15) is 0 Å². The minimum atomic E-state index is -0.228. The van der Waals surface area contributed by atoms with Gasteiger partial charge in [-0.1, -0.05) is 19.1 Å². The molecule has 1 aromatic carbocycles. The van der Waals surface area contributed by atoms with Gasteiger partial charge in [0.05, 0.1) is 5.71 Å². The summed E-state index contributed by atoms with van der Waals surface area (Å²) < 4.78 is 0. The Balaban J connectivity index is 2.05. The molecule has 1 atom stereocenters. The third kappa shape index (κ3) is 4.05. The van der Waals surface area contributed by atoms with E-state index in [1.165, 1.54) is 0 Å². The van der Waals surface area contributed by atoms with Gasteiger partial charge >= 0.3 is 6.03 Å². The van der Waals surface area contributed by atoms with Gasteiger partial charge in [0.15, 0.2) is 0 Å². The van der Waals surface area contributed by atoms with Crippen LogP contribution in [0.2, 0.25) is 0 Å². The maximum atomic E-state index is 11.6. The average molecular weight is 288 g/mol. The number of carbonyl (C=O) groups excluding carboxylic acids is 2. The SMILES string of the molecule is CC(C)NC(=O)Nc1ccc(C2=NNC(=O)CC2C)cc1. The lowest BCUT2D eigenvalue weighted by Crippen LogP contribution is -2.34. The number of anilines is 1. The molecule has 0 spiro atoms. The molecule has 0 radical (unpaired) electrons. The van der Waals surface area contributed by atoms with E-state index in [0.29, 0.717) is 12.1 Å². The molecule has 1 aliphatic rings. The van der Waals surface area contributed by atoms with Crippen molar-refractivity contribution in [1.29, 1.82) is 0 Å². The van der Waals surface area contributed by atoms with E-state index in [-0.39, 0.29) is 23.9 Å². The summed E-state index contributed by atoms with van der Waals surface area (Å²) in [5.74, 6) is 0.0247. The molecule has 6 heteroatoms. The third-order valence-electron chi connectivity index (χ3n) is 3.12. The minimum Gasteiger partial charge on any atom is -0.336 e. The lowest BCUT2D eigenvalue weighted by atomic mass is 9.94. The summed E-state index contributed by atoms with van der Waals surface area (Å²) in [4.78, 5) is 22.8. The van der Waals surface area contributed by atoms with Crippen molar-refractivity contribution < 1.29 is 9.59 Å². The van der Waals surface area contributed by atoms with E-state index in [1.807, 2.05) is 45.0 Å². The predicted octanol–water partition coefficient (Wildman–Crippen LogP) is 2.08. The predicted molar refractivity (Wildman–Crippen MR) is 82.2 cm³/mol. The van der Waals surface area contributed by atoms with E-state index in [9.17, 15) is 9.59 Å². The molecule has 6 nitrogen and oxygen atoms in total. The number of hydrogen-bond donors (Lipinski definition) is 3. The molecule has 0 fully saturated rings. The van der Waals surface area contributed by atoms with Crippen molar-refractivity contribution in [2.75, 3.05) is 5.32 Å². The molecule has 21 heavy (non-hydrogen) atoms. The highest BCUT2D eigenvalue weighted by Gasteiger charge is 2.21. The number of hydrazone groups is 1. The highest BCUT2D eigenvalue weighted by atomic mass is 16.2. The van der Waals surface area contributed by atoms with Gasteiger partial charge in [-0.05, 0) is 31.5 Å². The van der Waals surface area contributed by atoms with E-state index in [2.05, 4.69) is 21.2 Å². The van der Waals surface area contributed by atoms with Crippen LogP contribution in [0, 0.1) is 5.92 Å². The van der Waals surface area contributed by atoms with Crippen molar-refractivity contribution in [2.24, 2.45) is 11.0 Å². The van der Waals surface area contributed by atoms with Crippen molar-refractivity contribution in [3.8, 4) is 0 Å². The fourth-order valence-electron chi connectivity index (χ4n) is 2.16. The lowest BCUT2D eigenvalue weighted by molar-refractivity contribution is -0.121. The standard InChI is InChI=1S/C15H20N4O2/c1-9(2)16-15(21)17-12-6-4-11(5-7-12)14-10(3)8-13(20)18-19-14/h4-7,9-10H,8H2,1-3H3,(H,18,20)(H2,16,17,21). The molecule has 1 unspecified atom stereocenters. The topological polar surface area (TPSA) is 82.6 Å². The van der Waals surface area contributed by atoms with Gasteiger partial charge in [0.25, 0.3) is 0 Å². The Kier molecular flexibility index (Phi) is 4.57. The minimum absolute atomic E-state index is 0.0603. The van der Waals surface area contributed by atoms with Crippen LogP contribution in [0.15, 0.2) is 29.4 Å². The molecule has 0 aliphatic carbocycles. The Morgan fingerprint density at radius 1 is 1.33 bits per heavy atom. The zero-order valence-corrected chi connectivity index (χ0v) is 12.4. The highest BCUT2D eigenvalue weighted by Crippen LogP contribution is 2.18. The smallest absolute Gasteiger partial charge is 0.319 e. The summed E-state index contributed by atoms with van der Waals surface area (Å²) in [6.07, 6.45) is 0.440. The monoisotopic (exact) mass is 288 g/mol. The quantitative estimate of drug-likeness (QED) is 0.795. The molecular formula is C15H20N4O2. The van der Waals surface area contributed by atoms with Gasteiger partial charge in [0.2, 0.25) is 5.91 Å². The second-order valence-corrected chi connectivity index (χ2v) is 5.47. The van der Waals surface area contributed by atoms with Crippen molar-refractivity contribution >= 4 is 23.3 Å². The number of rotatable bonds is 3. The Morgan fingerprint density at radius 3 is 2.57 bits per heavy atom. The molecular weight excluding hydrogens is 268 g/mol. The number of urea groups is 1. The second-order valence-electron chi connectivity index (χ2n) is 5.47. The summed E-state index contributed by atoms with van der Waals surface area (Å²) in [7, 11) is 0. The van der Waals surface area contributed by atoms with Crippen LogP contribution >= 0.6 is 0 Å². The zero-order chi connectivity index (χ0) is 15.4. The van der Waals surface area contributed by atoms with Crippen LogP contribution in [-0.4, -0.2) is 23.7 Å². The van der Waals surface area contributed by atoms with Crippen molar-refractivity contribution in [3.05, 3.63) is 29.8 Å². The molecule has 112 valence electrons. The molecule has 2 rings (SSSR count). The van der Waals surface area contributed by atoms with Crippen LogP contribution in [0.5, 0.6) is 0 Å². The zero-order valence-electron chi connectivity index (χ0n) is 12.4. The van der Waals surface area contributed by atoms with Gasteiger partial charge in [-0.15, -0.1) is 0 Å². The van der Waals surface area contributed by atoms with Gasteiger partial charge in [-0.2, -0.15) is 5.10 Å². The van der Waals surface area contributed by atoms with Gasteiger partial charge < -0.3 is 10.6 Å². The van der Waals surface area contributed by atoms with Crippen molar-refractivity contribution in [2.45, 2.75) is 33.2 Å². The van der Waals surface area contributed by atoms with Gasteiger partial charge in [0, 0.05) is 24.1 Å². The maximum absolute atomic E-state index is 11.6. The fraction of sp³-hybridized carbons (Fsp3) is 0.400. The number of benzene rings is 1. The summed E-state index contributed by atoms with van der Waals surface area (Å²) in [6.45, 7) is 5.78. The molecule has 0 saturated heterocycles. The summed E-state index contributed by atoms with van der Waals surface area (Å²) in [5, 5.41) is 9.63. The van der Waals surface area contributed by atoms with Crippen molar-refractivity contribution in [1.82, 2.24) is 10.7 Å². The first-order chi connectivity index (χ1) is 9.95. The van der Waals surface area contributed by atoms with E-state index >= 15 is 0 Å². The molecule has 3 N–H and O–H groups in total. The van der Waals surface area contributed by atoms with Crippen LogP contribution in [0.25, 0.3) is 0 Å². The van der Waals surface area contributed by atoms with E-state index in [4.69, 9.17) is 0 Å². The average Bonchev–Trinajstić information content (AvgIpc) is 2.39. The molecule has 3 amide bonds. The van der Waals surface area contributed by atoms with Crippen LogP contribution in [0.3, 0.4) is 0 Å². The second kappa shape index (κ2) is 6.39. The summed E-state index contributed by atoms with van der Waals surface area (Å²) in [5.41, 5.74) is 5.01. The first-order valence-corrected chi connectivity index (χ1v) is 7.00. The largest absolute Gasteiger partial charge is 0.336 e. The Hall–Kier alpha value is -2.37. The molecule has 1 heterocycles. The van der Waals surface area contributed by atoms with Gasteiger partial charge in [-0.25, -0.2) is 10.2 Å². The number of nitrogens with zero attached hydrogens (tertiary/aromatic N) is 1. The Labute approximate surface area is 124 Å². The Morgan fingerprint density at radius 2 is 2.00 bits per heavy atom. The Bertz CT molecular complexity index is 564. The van der Waals surface area contributed by atoms with Crippen molar-refractivity contribution in [3.63, 3.8) is 0 Å². The number of carbonyl (C=O) groups is 2. The van der Waals surface area contributed by atoms with E-state index < -0.39 is 0 Å². The summed E-state index contributed by atoms with van der Waals surface area (Å²) >= 11 is 0. The normalized spacial score (nSPS) is 18.0. The third-order valence-corrected chi connectivity index (χ3v) is 3.12. The first-order valence-electron chi connectivity index (χ1n) is 7.00. The fourth-order valence-corrected chi connectivity index (χ4v) is 2.16. The summed E-state index contributed by atoms with van der Waals surface area (Å²) in [6, 6.07) is 7.27. The van der Waals surface area contributed by atoms with Crippen LogP contribution < -0.4 is 16.1 Å². The van der Waals surface area contributed by atoms with E-state index in [1.54, 1.807) is 0 Å². The van der Waals surface area contributed by atoms with Gasteiger partial charge in [-0.3, -0.25) is 4.79 Å². The molecule has 0 aromatic heterocycles. The maximum Gasteiger partial charge on any atom is 0.319 e. The number of nitrogens with one attached hydrogen (secondary N) is 3. The first kappa shape index (κ1) is 15.0. The molecule has 1 aromatic rings. The number of hydrogen-bond acceptors (Lipinski definition) is 3. The van der Waals surface area contributed by atoms with Crippen LogP contribution in [-0.2, 0) is 4.79 Å². The molecule has 0 saturated carbocycles. The van der Waals surface area contributed by atoms with Crippen LogP contribution in [0.1, 0.15) is 32.8 Å². The lowest BCUT2D eigenvalue weighted by Gasteiger charge is -2.19. The van der Waals surface area contributed by atoms with Crippen LogP contribution in [0.4, 0.5) is 10.5 Å². The van der Waals surface area contributed by atoms with E-state index in [0.717, 1.165) is 11.3 Å².